The molecule has 1 aromatic carbocycles. The standard InChI is InChI=1S/C17H14N4O3/c1-11-15(21-9-5-4-8-14(21)19-11)16(22)20-18-10-12-6-2-3-7-13(12)17(23)24/h2-10H,1H3,(H,20,22)(H,23,24). The molecule has 120 valence electrons. The third-order valence-corrected chi connectivity index (χ3v) is 3.48. The van der Waals surface area contributed by atoms with Crippen molar-refractivity contribution in [1.29, 1.82) is 0 Å². The molecule has 2 aromatic heterocycles. The number of aryl methyl sites for hydroxylation is 1. The maximum atomic E-state index is 12.3. The van der Waals surface area contributed by atoms with Crippen molar-refractivity contribution in [2.24, 2.45) is 5.10 Å². The number of hydrazone groups is 1. The first-order chi connectivity index (χ1) is 11.6. The Balaban J connectivity index is 1.83. The number of hydrogen-bond donors (Lipinski definition) is 2. The van der Waals surface area contributed by atoms with Gasteiger partial charge < -0.3 is 5.11 Å². The van der Waals surface area contributed by atoms with Gasteiger partial charge in [-0.15, -0.1) is 0 Å². The third-order valence-electron chi connectivity index (χ3n) is 3.48. The number of carbonyl (C=O) groups is 2. The van der Waals surface area contributed by atoms with Crippen LogP contribution in [0, 0.1) is 6.92 Å². The van der Waals surface area contributed by atoms with Gasteiger partial charge in [-0.05, 0) is 25.1 Å². The number of nitrogens with zero attached hydrogens (tertiary/aromatic N) is 3. The van der Waals surface area contributed by atoms with Gasteiger partial charge in [-0.25, -0.2) is 15.2 Å². The van der Waals surface area contributed by atoms with Crippen LogP contribution < -0.4 is 5.43 Å². The largest absolute Gasteiger partial charge is 0.478 e. The van der Waals surface area contributed by atoms with Crippen LogP contribution in [0.1, 0.15) is 32.1 Å². The number of amides is 1. The molecule has 0 saturated carbocycles. The summed E-state index contributed by atoms with van der Waals surface area (Å²) in [6.45, 7) is 1.74. The molecule has 0 fully saturated rings. The van der Waals surface area contributed by atoms with Crippen LogP contribution in [0.4, 0.5) is 0 Å². The first-order valence-corrected chi connectivity index (χ1v) is 7.17. The Morgan fingerprint density at radius 3 is 2.75 bits per heavy atom. The average molecular weight is 322 g/mol. The Kier molecular flexibility index (Phi) is 4.07. The van der Waals surface area contributed by atoms with E-state index in [4.69, 9.17) is 5.11 Å². The summed E-state index contributed by atoms with van der Waals surface area (Å²) in [4.78, 5) is 27.8. The molecule has 0 atom stereocenters. The van der Waals surface area contributed by atoms with Crippen LogP contribution in [0.15, 0.2) is 53.8 Å². The normalized spacial score (nSPS) is 11.0. The van der Waals surface area contributed by atoms with E-state index in [2.05, 4.69) is 15.5 Å². The minimum atomic E-state index is -1.05. The summed E-state index contributed by atoms with van der Waals surface area (Å²) >= 11 is 0. The van der Waals surface area contributed by atoms with Gasteiger partial charge in [-0.2, -0.15) is 5.10 Å². The minimum Gasteiger partial charge on any atom is -0.478 e. The van der Waals surface area contributed by atoms with E-state index in [9.17, 15) is 9.59 Å². The van der Waals surface area contributed by atoms with Crippen molar-refractivity contribution >= 4 is 23.7 Å². The summed E-state index contributed by atoms with van der Waals surface area (Å²) in [6, 6.07) is 11.8. The van der Waals surface area contributed by atoms with Gasteiger partial charge >= 0.3 is 5.97 Å². The number of imidazole rings is 1. The van der Waals surface area contributed by atoms with Crippen molar-refractivity contribution in [3.63, 3.8) is 0 Å². The molecule has 1 amide bonds. The Bertz CT molecular complexity index is 959. The highest BCUT2D eigenvalue weighted by Crippen LogP contribution is 2.11. The Morgan fingerprint density at radius 2 is 1.96 bits per heavy atom. The van der Waals surface area contributed by atoms with E-state index in [-0.39, 0.29) is 5.56 Å². The van der Waals surface area contributed by atoms with Crippen LogP contribution in [-0.2, 0) is 0 Å². The highest BCUT2D eigenvalue weighted by Gasteiger charge is 2.15. The highest BCUT2D eigenvalue weighted by atomic mass is 16.4. The van der Waals surface area contributed by atoms with Crippen LogP contribution in [-0.4, -0.2) is 32.6 Å². The molecule has 0 unspecified atom stereocenters. The summed E-state index contributed by atoms with van der Waals surface area (Å²) < 4.78 is 1.67. The molecule has 3 rings (SSSR count). The number of carbonyl (C=O) groups excluding carboxylic acids is 1. The topological polar surface area (TPSA) is 96.1 Å². The zero-order chi connectivity index (χ0) is 17.1. The zero-order valence-corrected chi connectivity index (χ0v) is 12.8. The molecule has 24 heavy (non-hydrogen) atoms. The molecule has 3 aromatic rings. The molecule has 0 aliphatic rings. The van der Waals surface area contributed by atoms with E-state index in [1.165, 1.54) is 12.3 Å². The van der Waals surface area contributed by atoms with Crippen molar-refractivity contribution in [2.75, 3.05) is 0 Å². The molecule has 2 heterocycles. The molecule has 7 heteroatoms. The van der Waals surface area contributed by atoms with Gasteiger partial charge in [0, 0.05) is 11.8 Å². The quantitative estimate of drug-likeness (QED) is 0.568. The van der Waals surface area contributed by atoms with Crippen LogP contribution in [0.25, 0.3) is 5.65 Å². The molecule has 7 nitrogen and oxygen atoms in total. The van der Waals surface area contributed by atoms with Gasteiger partial charge in [-0.3, -0.25) is 9.20 Å². The summed E-state index contributed by atoms with van der Waals surface area (Å²) in [7, 11) is 0. The first-order valence-electron chi connectivity index (χ1n) is 7.17. The van der Waals surface area contributed by atoms with Crippen LogP contribution >= 0.6 is 0 Å². The number of fused-ring (bicyclic) bond motifs is 1. The van der Waals surface area contributed by atoms with Gasteiger partial charge in [0.15, 0.2) is 0 Å². The molecule has 0 spiro atoms. The van der Waals surface area contributed by atoms with Crippen molar-refractivity contribution in [3.05, 3.63) is 71.2 Å². The summed E-state index contributed by atoms with van der Waals surface area (Å²) in [5.41, 5.74) is 4.56. The lowest BCUT2D eigenvalue weighted by Crippen LogP contribution is -2.20. The molecular weight excluding hydrogens is 308 g/mol. The number of nitrogens with one attached hydrogen (secondary N) is 1. The van der Waals surface area contributed by atoms with E-state index in [1.54, 1.807) is 47.9 Å². The van der Waals surface area contributed by atoms with Crippen molar-refractivity contribution < 1.29 is 14.7 Å². The smallest absolute Gasteiger partial charge is 0.336 e. The minimum absolute atomic E-state index is 0.112. The van der Waals surface area contributed by atoms with Crippen LogP contribution in [0.5, 0.6) is 0 Å². The summed E-state index contributed by atoms with van der Waals surface area (Å²) in [5, 5.41) is 13.0. The molecule has 0 radical (unpaired) electrons. The number of carboxylic acids is 1. The fraction of sp³-hybridized carbons (Fsp3) is 0.0588. The van der Waals surface area contributed by atoms with Crippen LogP contribution in [0.2, 0.25) is 0 Å². The fourth-order valence-electron chi connectivity index (χ4n) is 2.40. The highest BCUT2D eigenvalue weighted by molar-refractivity contribution is 5.99. The number of pyridine rings is 1. The van der Waals surface area contributed by atoms with Gasteiger partial charge in [0.25, 0.3) is 5.91 Å². The molecule has 2 N–H and O–H groups in total. The number of aromatic nitrogens is 2. The summed E-state index contributed by atoms with van der Waals surface area (Å²) in [6.07, 6.45) is 3.05. The lowest BCUT2D eigenvalue weighted by molar-refractivity contribution is 0.0696. The van der Waals surface area contributed by atoms with Crippen molar-refractivity contribution in [3.8, 4) is 0 Å². The van der Waals surface area contributed by atoms with E-state index in [0.717, 1.165) is 0 Å². The van der Waals surface area contributed by atoms with Gasteiger partial charge in [-0.1, -0.05) is 24.3 Å². The SMILES string of the molecule is Cc1nc2ccccn2c1C(=O)NN=Cc1ccccc1C(=O)O. The second-order valence-electron chi connectivity index (χ2n) is 5.07. The Morgan fingerprint density at radius 1 is 1.21 bits per heavy atom. The molecular formula is C17H14N4O3. The first kappa shape index (κ1) is 15.4. The number of benzene rings is 1. The predicted octanol–water partition coefficient (Wildman–Crippen LogP) is 2.10. The Hall–Kier alpha value is -3.48. The van der Waals surface area contributed by atoms with E-state index in [0.29, 0.717) is 22.6 Å². The van der Waals surface area contributed by atoms with Crippen molar-refractivity contribution in [1.82, 2.24) is 14.8 Å². The maximum absolute atomic E-state index is 12.3. The number of hydrogen-bond acceptors (Lipinski definition) is 4. The molecule has 0 saturated heterocycles. The lowest BCUT2D eigenvalue weighted by Gasteiger charge is -2.02. The lowest BCUT2D eigenvalue weighted by atomic mass is 10.1. The second-order valence-corrected chi connectivity index (χ2v) is 5.07. The monoisotopic (exact) mass is 322 g/mol. The fourth-order valence-corrected chi connectivity index (χ4v) is 2.40. The number of rotatable bonds is 4. The molecule has 0 aliphatic carbocycles. The maximum Gasteiger partial charge on any atom is 0.336 e. The number of aromatic carboxylic acids is 1. The predicted molar refractivity (Wildman–Crippen MR) is 88.4 cm³/mol. The molecule has 0 bridgehead atoms. The van der Waals surface area contributed by atoms with Crippen molar-refractivity contribution in [2.45, 2.75) is 6.92 Å². The Labute approximate surface area is 137 Å². The summed E-state index contributed by atoms with van der Waals surface area (Å²) in [5.74, 6) is -1.48. The van der Waals surface area contributed by atoms with Gasteiger partial charge in [0.1, 0.15) is 11.3 Å². The van der Waals surface area contributed by atoms with E-state index < -0.39 is 11.9 Å². The molecule has 0 aliphatic heterocycles. The average Bonchev–Trinajstić information content (AvgIpc) is 2.90. The third kappa shape index (κ3) is 2.87. The van der Waals surface area contributed by atoms with E-state index >= 15 is 0 Å². The van der Waals surface area contributed by atoms with E-state index in [1.807, 2.05) is 6.07 Å². The van der Waals surface area contributed by atoms with Gasteiger partial charge in [0.2, 0.25) is 0 Å². The van der Waals surface area contributed by atoms with Gasteiger partial charge in [0.05, 0.1) is 17.5 Å². The second kappa shape index (κ2) is 6.33. The zero-order valence-electron chi connectivity index (χ0n) is 12.8. The number of carboxylic acid groups (broad SMARTS) is 1. The van der Waals surface area contributed by atoms with Crippen LogP contribution in [0.3, 0.4) is 0 Å².